The number of H-pyrrole nitrogens is 2. The maximum atomic E-state index is 8.15. The molecular weight excluding hydrogens is 418 g/mol. The molecule has 0 atom stereocenters. The molecule has 119 valence electrons. The van der Waals surface area contributed by atoms with Gasteiger partial charge in [0.15, 0.2) is 0 Å². The molecule has 3 aromatic heterocycles. The van der Waals surface area contributed by atoms with Gasteiger partial charge in [-0.15, -0.1) is 0 Å². The Bertz CT molecular complexity index is 1220. The van der Waals surface area contributed by atoms with Crippen molar-refractivity contribution in [3.8, 4) is 0 Å². The molecule has 25 heavy (non-hydrogen) atoms. The predicted octanol–water partition coefficient (Wildman–Crippen LogP) is 4.27. The van der Waals surface area contributed by atoms with Gasteiger partial charge in [-0.1, -0.05) is 0 Å². The molecule has 2 aliphatic heterocycles. The second kappa shape index (κ2) is 6.38. The SMILES string of the molecule is [2H]c1cc2cc3nc(cc4nc(cc5ccc(cc1[nH]2)[nH]5)C=C4)C=C3.[Sb]. The second-order valence-corrected chi connectivity index (χ2v) is 5.82. The molecule has 0 amide bonds. The van der Waals surface area contributed by atoms with Crippen molar-refractivity contribution in [1.29, 1.82) is 0 Å². The summed E-state index contributed by atoms with van der Waals surface area (Å²) in [4.78, 5) is 15.8. The van der Waals surface area contributed by atoms with E-state index >= 15 is 0 Å². The summed E-state index contributed by atoms with van der Waals surface area (Å²) in [5.41, 5.74) is 7.04. The number of hydrogen-bond acceptors (Lipinski definition) is 2. The fourth-order valence-corrected chi connectivity index (χ4v) is 2.87. The van der Waals surface area contributed by atoms with E-state index in [9.17, 15) is 0 Å². The number of aromatic nitrogens is 4. The largest absolute Gasteiger partial charge is 0.355 e. The van der Waals surface area contributed by atoms with Crippen LogP contribution >= 0.6 is 0 Å². The van der Waals surface area contributed by atoms with Crippen molar-refractivity contribution >= 4 is 70.8 Å². The molecular formula is C20H14N4Sb. The van der Waals surface area contributed by atoms with Crippen LogP contribution in [0.25, 0.3) is 46.4 Å². The minimum absolute atomic E-state index is 0. The number of fused-ring (bicyclic) bond motifs is 8. The zero-order valence-corrected chi connectivity index (χ0v) is 15.7. The molecule has 3 aromatic rings. The summed E-state index contributed by atoms with van der Waals surface area (Å²) in [6.07, 6.45) is 7.91. The first-order valence-corrected chi connectivity index (χ1v) is 7.76. The molecule has 0 unspecified atom stereocenters. The van der Waals surface area contributed by atoms with E-state index in [1.165, 1.54) is 0 Å². The molecule has 5 heteroatoms. The van der Waals surface area contributed by atoms with E-state index in [0.717, 1.165) is 44.8 Å². The van der Waals surface area contributed by atoms with Gasteiger partial charge in [0, 0.05) is 46.5 Å². The summed E-state index contributed by atoms with van der Waals surface area (Å²) in [5, 5.41) is 0. The molecule has 2 N–H and O–H groups in total. The number of aromatic amines is 2. The molecule has 0 fully saturated rings. The molecule has 5 heterocycles. The summed E-state index contributed by atoms with van der Waals surface area (Å²) in [6, 6.07) is 14.1. The Kier molecular flexibility index (Phi) is 3.76. The quantitative estimate of drug-likeness (QED) is 0.359. The van der Waals surface area contributed by atoms with Gasteiger partial charge >= 0.3 is 0 Å². The number of nitrogens with zero attached hydrogens (tertiary/aromatic N) is 2. The Morgan fingerprint density at radius 2 is 1.08 bits per heavy atom. The maximum absolute atomic E-state index is 8.15. The summed E-state index contributed by atoms with van der Waals surface area (Å²) in [6.45, 7) is 0. The third-order valence-corrected chi connectivity index (χ3v) is 3.96. The first kappa shape index (κ1) is 14.7. The Morgan fingerprint density at radius 3 is 1.72 bits per heavy atom. The number of hydrogen-bond donors (Lipinski definition) is 2. The fraction of sp³-hybridized carbons (Fsp3) is 0. The minimum Gasteiger partial charge on any atom is -0.355 e. The van der Waals surface area contributed by atoms with Crippen molar-refractivity contribution in [3.63, 3.8) is 0 Å². The van der Waals surface area contributed by atoms with Crippen LogP contribution in [0, 0.1) is 0 Å². The average molecular weight is 433 g/mol. The van der Waals surface area contributed by atoms with Gasteiger partial charge in [0.05, 0.1) is 24.1 Å². The Hall–Kier alpha value is -2.58. The number of rotatable bonds is 0. The van der Waals surface area contributed by atoms with Crippen LogP contribution in [0.2, 0.25) is 0 Å². The zero-order valence-electron chi connectivity index (χ0n) is 14.2. The Morgan fingerprint density at radius 1 is 0.600 bits per heavy atom. The van der Waals surface area contributed by atoms with E-state index in [1.54, 1.807) is 0 Å². The van der Waals surface area contributed by atoms with Gasteiger partial charge in [0.1, 0.15) is 0 Å². The van der Waals surface area contributed by atoms with Crippen LogP contribution in [-0.4, -0.2) is 44.4 Å². The van der Waals surface area contributed by atoms with Crippen molar-refractivity contribution in [2.45, 2.75) is 0 Å². The van der Waals surface area contributed by atoms with Gasteiger partial charge in [-0.05, 0) is 72.8 Å². The van der Waals surface area contributed by atoms with E-state index in [0.29, 0.717) is 6.04 Å². The minimum atomic E-state index is 0. The van der Waals surface area contributed by atoms with Gasteiger partial charge in [0.25, 0.3) is 0 Å². The van der Waals surface area contributed by atoms with E-state index in [4.69, 9.17) is 1.37 Å². The van der Waals surface area contributed by atoms with Crippen molar-refractivity contribution in [1.82, 2.24) is 19.9 Å². The summed E-state index contributed by atoms with van der Waals surface area (Å²) >= 11 is 0. The van der Waals surface area contributed by atoms with Crippen molar-refractivity contribution in [3.05, 3.63) is 71.3 Å². The average Bonchev–Trinajstić information content (AvgIpc) is 3.33. The maximum Gasteiger partial charge on any atom is 0.0659 e. The third-order valence-electron chi connectivity index (χ3n) is 3.96. The Balaban J connectivity index is 0.00000168. The van der Waals surface area contributed by atoms with Crippen molar-refractivity contribution in [2.24, 2.45) is 0 Å². The van der Waals surface area contributed by atoms with Crippen LogP contribution in [-0.2, 0) is 0 Å². The second-order valence-electron chi connectivity index (χ2n) is 5.82. The molecule has 5 rings (SSSR count). The first-order chi connectivity index (χ1) is 12.2. The van der Waals surface area contributed by atoms with Crippen molar-refractivity contribution < 1.29 is 1.37 Å². The van der Waals surface area contributed by atoms with Crippen LogP contribution < -0.4 is 0 Å². The van der Waals surface area contributed by atoms with Gasteiger partial charge in [0.2, 0.25) is 0 Å². The van der Waals surface area contributed by atoms with Crippen LogP contribution in [0.3, 0.4) is 0 Å². The van der Waals surface area contributed by atoms with Crippen LogP contribution in [0.4, 0.5) is 0 Å². The normalized spacial score (nSPS) is 12.7. The van der Waals surface area contributed by atoms with Gasteiger partial charge in [-0.2, -0.15) is 0 Å². The Labute approximate surface area is 163 Å². The van der Waals surface area contributed by atoms with Gasteiger partial charge < -0.3 is 9.97 Å². The summed E-state index contributed by atoms with van der Waals surface area (Å²) in [7, 11) is 0. The number of nitrogens with one attached hydrogen (secondary N) is 2. The molecule has 0 saturated heterocycles. The van der Waals surface area contributed by atoms with Crippen LogP contribution in [0.5, 0.6) is 0 Å². The standard InChI is InChI=1S/C20H14N4.Sb/c1-2-14-10-16-5-6-18(23-16)12-20-8-7-19(24-20)11-17-4-3-15(22-17)9-13(1)21-14;/h1-12,21-22H;/i1D;. The summed E-state index contributed by atoms with van der Waals surface area (Å²) in [5.74, 6) is 0. The van der Waals surface area contributed by atoms with Crippen LogP contribution in [0.1, 0.15) is 24.1 Å². The molecule has 0 aromatic carbocycles. The van der Waals surface area contributed by atoms with Crippen molar-refractivity contribution in [2.75, 3.05) is 0 Å². The van der Waals surface area contributed by atoms with E-state index in [2.05, 4.69) is 19.9 Å². The molecule has 2 aliphatic rings. The van der Waals surface area contributed by atoms with Gasteiger partial charge in [-0.25, -0.2) is 9.97 Å². The molecule has 0 saturated carbocycles. The smallest absolute Gasteiger partial charge is 0.0659 e. The molecule has 4 nitrogen and oxygen atoms in total. The molecule has 3 radical (unpaired) electrons. The summed E-state index contributed by atoms with van der Waals surface area (Å²) < 4.78 is 8.15. The van der Waals surface area contributed by atoms with E-state index < -0.39 is 0 Å². The van der Waals surface area contributed by atoms with Gasteiger partial charge in [-0.3, -0.25) is 0 Å². The molecule has 0 spiro atoms. The third kappa shape index (κ3) is 3.31. The monoisotopic (exact) mass is 432 g/mol. The topological polar surface area (TPSA) is 57.4 Å². The molecule has 0 aliphatic carbocycles. The predicted molar refractivity (Wildman–Crippen MR) is 105 cm³/mol. The van der Waals surface area contributed by atoms with Crippen LogP contribution in [0.15, 0.2) is 48.5 Å². The molecule has 8 bridgehead atoms. The first-order valence-electron chi connectivity index (χ1n) is 8.26. The van der Waals surface area contributed by atoms with E-state index in [1.807, 2.05) is 66.8 Å². The fourth-order valence-electron chi connectivity index (χ4n) is 2.87. The van der Waals surface area contributed by atoms with E-state index in [-0.39, 0.29) is 24.4 Å². The zero-order chi connectivity index (χ0) is 16.8.